The van der Waals surface area contributed by atoms with Gasteiger partial charge in [-0.1, -0.05) is 50.0 Å². The SMILES string of the molecule is CO[PH](=O)C(C#Cc1ccc(F)cc1)(C(=O)O)C(CC(C)C)c1ccc2ccccc2n1. The molecule has 5 nitrogen and oxygen atoms in total. The number of benzene rings is 2. The molecule has 0 saturated heterocycles. The lowest BCUT2D eigenvalue weighted by molar-refractivity contribution is -0.139. The molecule has 1 N–H and O–H groups in total. The first kappa shape index (κ1) is 23.7. The van der Waals surface area contributed by atoms with E-state index in [4.69, 9.17) is 9.51 Å². The summed E-state index contributed by atoms with van der Waals surface area (Å²) >= 11 is 0. The normalized spacial score (nSPS) is 14.9. The third-order valence-corrected chi connectivity index (χ3v) is 7.00. The minimum Gasteiger partial charge on any atom is -0.480 e. The third kappa shape index (κ3) is 4.91. The van der Waals surface area contributed by atoms with Crippen molar-refractivity contribution in [2.24, 2.45) is 5.92 Å². The van der Waals surface area contributed by atoms with E-state index in [0.717, 1.165) is 5.39 Å². The van der Waals surface area contributed by atoms with E-state index in [9.17, 15) is 18.9 Å². The number of nitrogens with zero attached hydrogens (tertiary/aromatic N) is 1. The lowest BCUT2D eigenvalue weighted by Gasteiger charge is -2.32. The number of carbonyl (C=O) groups is 1. The maximum atomic E-state index is 13.3. The van der Waals surface area contributed by atoms with Crippen molar-refractivity contribution >= 4 is 24.9 Å². The summed E-state index contributed by atoms with van der Waals surface area (Å²) in [6.07, 6.45) is 0.384. The molecule has 1 heterocycles. The Balaban J connectivity index is 2.24. The minimum absolute atomic E-state index is 0.0753. The smallest absolute Gasteiger partial charge is 0.332 e. The average molecular weight is 453 g/mol. The van der Waals surface area contributed by atoms with Crippen LogP contribution in [-0.2, 0) is 13.9 Å². The first-order valence-electron chi connectivity index (χ1n) is 10.2. The molecular formula is C25H25FNO4P. The summed E-state index contributed by atoms with van der Waals surface area (Å²) < 4.78 is 31.6. The second kappa shape index (κ2) is 10.1. The van der Waals surface area contributed by atoms with E-state index in [2.05, 4.69) is 11.8 Å². The summed E-state index contributed by atoms with van der Waals surface area (Å²) in [6.45, 7) is 3.91. The zero-order chi connectivity index (χ0) is 23.3. The highest BCUT2D eigenvalue weighted by Crippen LogP contribution is 2.51. The van der Waals surface area contributed by atoms with Gasteiger partial charge >= 0.3 is 5.97 Å². The molecule has 0 saturated carbocycles. The van der Waals surface area contributed by atoms with Gasteiger partial charge in [0.2, 0.25) is 13.2 Å². The van der Waals surface area contributed by atoms with Gasteiger partial charge in [-0.05, 0) is 48.7 Å². The van der Waals surface area contributed by atoms with Crippen molar-refractivity contribution in [3.63, 3.8) is 0 Å². The number of carboxylic acids is 1. The second-order valence-corrected chi connectivity index (χ2v) is 9.74. The van der Waals surface area contributed by atoms with Crippen LogP contribution in [0.4, 0.5) is 4.39 Å². The minimum atomic E-state index is -3.18. The highest BCUT2D eigenvalue weighted by atomic mass is 31.1. The van der Waals surface area contributed by atoms with Gasteiger partial charge in [0.15, 0.2) is 0 Å². The molecule has 0 radical (unpaired) electrons. The van der Waals surface area contributed by atoms with E-state index in [1.807, 2.05) is 44.2 Å². The second-order valence-electron chi connectivity index (χ2n) is 7.97. The van der Waals surface area contributed by atoms with E-state index in [1.165, 1.54) is 31.4 Å². The molecule has 0 aliphatic rings. The Kier molecular flexibility index (Phi) is 7.45. The number of hydrogen-bond acceptors (Lipinski definition) is 4. The lowest BCUT2D eigenvalue weighted by Crippen LogP contribution is -2.41. The predicted octanol–water partition coefficient (Wildman–Crippen LogP) is 5.50. The molecule has 2 aromatic carbocycles. The predicted molar refractivity (Wildman–Crippen MR) is 124 cm³/mol. The van der Waals surface area contributed by atoms with Crippen LogP contribution < -0.4 is 0 Å². The van der Waals surface area contributed by atoms with Crippen molar-refractivity contribution in [3.8, 4) is 11.8 Å². The first-order chi connectivity index (χ1) is 15.3. The van der Waals surface area contributed by atoms with Crippen molar-refractivity contribution in [2.45, 2.75) is 31.3 Å². The van der Waals surface area contributed by atoms with Crippen LogP contribution in [0.15, 0.2) is 60.7 Å². The number of hydrogen-bond donors (Lipinski definition) is 1. The van der Waals surface area contributed by atoms with Crippen LogP contribution in [0, 0.1) is 23.6 Å². The van der Waals surface area contributed by atoms with Crippen molar-refractivity contribution in [2.75, 3.05) is 7.11 Å². The Hall–Kier alpha value is -3.00. The van der Waals surface area contributed by atoms with Gasteiger partial charge in [0, 0.05) is 29.7 Å². The fraction of sp³-hybridized carbons (Fsp3) is 0.280. The quantitative estimate of drug-likeness (QED) is 0.378. The topological polar surface area (TPSA) is 76.5 Å². The van der Waals surface area contributed by atoms with Gasteiger partial charge in [-0.25, -0.2) is 9.18 Å². The number of aliphatic carboxylic acids is 1. The van der Waals surface area contributed by atoms with Crippen molar-refractivity contribution in [1.82, 2.24) is 4.98 Å². The first-order valence-corrected chi connectivity index (χ1v) is 11.6. The molecule has 0 spiro atoms. The third-order valence-electron chi connectivity index (χ3n) is 5.30. The maximum absolute atomic E-state index is 13.3. The summed E-state index contributed by atoms with van der Waals surface area (Å²) in [5.41, 5.74) is 1.61. The van der Waals surface area contributed by atoms with Crippen LogP contribution in [0.2, 0.25) is 0 Å². The molecule has 0 amide bonds. The maximum Gasteiger partial charge on any atom is 0.332 e. The molecule has 3 unspecified atom stereocenters. The number of halogens is 1. The van der Waals surface area contributed by atoms with Gasteiger partial charge in [0.1, 0.15) is 5.82 Å². The Morgan fingerprint density at radius 3 is 2.47 bits per heavy atom. The van der Waals surface area contributed by atoms with Crippen LogP contribution >= 0.6 is 8.03 Å². The number of pyridine rings is 1. The van der Waals surface area contributed by atoms with E-state index in [1.54, 1.807) is 6.07 Å². The molecule has 3 aromatic rings. The largest absolute Gasteiger partial charge is 0.480 e. The summed E-state index contributed by atoms with van der Waals surface area (Å²) in [5.74, 6) is 3.08. The van der Waals surface area contributed by atoms with E-state index in [0.29, 0.717) is 23.2 Å². The number of aromatic nitrogens is 1. The van der Waals surface area contributed by atoms with Crippen molar-refractivity contribution in [1.29, 1.82) is 0 Å². The van der Waals surface area contributed by atoms with Gasteiger partial charge in [-0.2, -0.15) is 0 Å². The number of carboxylic acid groups (broad SMARTS) is 1. The molecule has 0 fully saturated rings. The van der Waals surface area contributed by atoms with Crippen LogP contribution in [0.1, 0.15) is 37.4 Å². The van der Waals surface area contributed by atoms with E-state index in [-0.39, 0.29) is 5.92 Å². The Labute approximate surface area is 187 Å². The molecule has 166 valence electrons. The van der Waals surface area contributed by atoms with E-state index >= 15 is 0 Å². The Bertz CT molecular complexity index is 1200. The van der Waals surface area contributed by atoms with Crippen LogP contribution in [-0.4, -0.2) is 28.3 Å². The number of rotatable bonds is 7. The molecule has 0 aliphatic carbocycles. The standard InChI is InChI=1S/C25H25FNO4P/c1-17(2)16-21(23-13-10-19-6-4-5-7-22(19)27-23)25(24(28)29,32(30)31-3)15-14-18-8-11-20(26)12-9-18/h4-13,17,21,32H,16H2,1-3H3,(H,28,29). The molecule has 7 heteroatoms. The zero-order valence-electron chi connectivity index (χ0n) is 18.1. The van der Waals surface area contributed by atoms with Gasteiger partial charge in [-0.15, -0.1) is 0 Å². The Morgan fingerprint density at radius 1 is 1.16 bits per heavy atom. The zero-order valence-corrected chi connectivity index (χ0v) is 19.1. The molecule has 1 aromatic heterocycles. The highest BCUT2D eigenvalue weighted by Gasteiger charge is 2.52. The molecule has 32 heavy (non-hydrogen) atoms. The number of fused-ring (bicyclic) bond motifs is 1. The van der Waals surface area contributed by atoms with Gasteiger partial charge in [-0.3, -0.25) is 9.55 Å². The van der Waals surface area contributed by atoms with Gasteiger partial charge in [0.05, 0.1) is 5.52 Å². The summed E-state index contributed by atoms with van der Waals surface area (Å²) in [7, 11) is -1.96. The van der Waals surface area contributed by atoms with Gasteiger partial charge < -0.3 is 9.63 Å². The van der Waals surface area contributed by atoms with Crippen LogP contribution in [0.5, 0.6) is 0 Å². The lowest BCUT2D eigenvalue weighted by atomic mass is 9.81. The number of para-hydroxylation sites is 1. The average Bonchev–Trinajstić information content (AvgIpc) is 2.78. The van der Waals surface area contributed by atoms with Crippen LogP contribution in [0.25, 0.3) is 10.9 Å². The summed E-state index contributed by atoms with van der Waals surface area (Å²) in [6, 6.07) is 16.5. The fourth-order valence-electron chi connectivity index (χ4n) is 3.70. The molecule has 0 bridgehead atoms. The monoisotopic (exact) mass is 453 g/mol. The molecule has 0 aliphatic heterocycles. The van der Waals surface area contributed by atoms with Crippen LogP contribution in [0.3, 0.4) is 0 Å². The van der Waals surface area contributed by atoms with Crippen molar-refractivity contribution < 1.29 is 23.4 Å². The van der Waals surface area contributed by atoms with Crippen molar-refractivity contribution in [3.05, 3.63) is 77.7 Å². The highest BCUT2D eigenvalue weighted by molar-refractivity contribution is 7.43. The summed E-state index contributed by atoms with van der Waals surface area (Å²) in [4.78, 5) is 17.4. The fourth-order valence-corrected chi connectivity index (χ4v) is 4.91. The molecule has 3 atom stereocenters. The molecule has 3 rings (SSSR count). The van der Waals surface area contributed by atoms with E-state index < -0.39 is 30.9 Å². The molecular weight excluding hydrogens is 428 g/mol. The summed E-state index contributed by atoms with van der Waals surface area (Å²) in [5, 5.41) is 9.27. The Morgan fingerprint density at radius 2 is 1.84 bits per heavy atom. The van der Waals surface area contributed by atoms with Gasteiger partial charge in [0.25, 0.3) is 0 Å².